The number of nitrogens with one attached hydrogen (secondary N) is 1. The molecule has 2 aromatic rings. The third-order valence-corrected chi connectivity index (χ3v) is 4.51. The Morgan fingerprint density at radius 3 is 2.45 bits per heavy atom. The lowest BCUT2D eigenvalue weighted by molar-refractivity contribution is -0.113. The minimum atomic E-state index is 0.0150. The zero-order valence-corrected chi connectivity index (χ0v) is 13.8. The number of benzene rings is 2. The summed E-state index contributed by atoms with van der Waals surface area (Å²) in [5, 5.41) is 2.92. The molecule has 0 bridgehead atoms. The quantitative estimate of drug-likeness (QED) is 0.803. The number of halogens is 1. The number of hydrogen-bond acceptors (Lipinski definition) is 2. The van der Waals surface area contributed by atoms with E-state index in [1.807, 2.05) is 49.4 Å². The standard InChI is InChI=1S/C16H16BrNOS/c1-11-3-6-14(9-12(11)2)18-16(19)10-20-15-7-4-13(17)5-8-15/h3-9H,10H2,1-2H3,(H,18,19). The van der Waals surface area contributed by atoms with Crippen LogP contribution in [0.25, 0.3) is 0 Å². The molecule has 0 aliphatic carbocycles. The van der Waals surface area contributed by atoms with Crippen molar-refractivity contribution in [2.24, 2.45) is 0 Å². The molecule has 0 radical (unpaired) electrons. The highest BCUT2D eigenvalue weighted by molar-refractivity contribution is 9.10. The predicted octanol–water partition coefficient (Wildman–Crippen LogP) is 4.80. The molecule has 2 aromatic carbocycles. The number of anilines is 1. The van der Waals surface area contributed by atoms with E-state index < -0.39 is 0 Å². The summed E-state index contributed by atoms with van der Waals surface area (Å²) in [5.41, 5.74) is 3.27. The molecule has 0 heterocycles. The summed E-state index contributed by atoms with van der Waals surface area (Å²) >= 11 is 4.92. The first-order valence-electron chi connectivity index (χ1n) is 6.30. The molecule has 0 aromatic heterocycles. The Balaban J connectivity index is 1.89. The SMILES string of the molecule is Cc1ccc(NC(=O)CSc2ccc(Br)cc2)cc1C. The van der Waals surface area contributed by atoms with Crippen molar-refractivity contribution in [1.82, 2.24) is 0 Å². The third kappa shape index (κ3) is 4.39. The van der Waals surface area contributed by atoms with Gasteiger partial charge in [-0.3, -0.25) is 4.79 Å². The largest absolute Gasteiger partial charge is 0.325 e. The first-order chi connectivity index (χ1) is 9.54. The van der Waals surface area contributed by atoms with Crippen LogP contribution < -0.4 is 5.32 Å². The summed E-state index contributed by atoms with van der Waals surface area (Å²) in [7, 11) is 0. The van der Waals surface area contributed by atoms with Gasteiger partial charge >= 0.3 is 0 Å². The van der Waals surface area contributed by atoms with Gasteiger partial charge in [0.25, 0.3) is 0 Å². The zero-order chi connectivity index (χ0) is 14.5. The lowest BCUT2D eigenvalue weighted by atomic mass is 10.1. The van der Waals surface area contributed by atoms with Crippen LogP contribution in [0.2, 0.25) is 0 Å². The molecule has 104 valence electrons. The molecule has 2 rings (SSSR count). The molecule has 0 saturated carbocycles. The highest BCUT2D eigenvalue weighted by Gasteiger charge is 2.04. The van der Waals surface area contributed by atoms with Crippen LogP contribution in [-0.4, -0.2) is 11.7 Å². The summed E-state index contributed by atoms with van der Waals surface area (Å²) in [5.74, 6) is 0.426. The van der Waals surface area contributed by atoms with Gasteiger partial charge in [-0.2, -0.15) is 0 Å². The van der Waals surface area contributed by atoms with Gasteiger partial charge < -0.3 is 5.32 Å². The molecule has 0 aliphatic heterocycles. The van der Waals surface area contributed by atoms with Crippen molar-refractivity contribution in [3.05, 3.63) is 58.1 Å². The maximum absolute atomic E-state index is 11.9. The molecule has 0 fully saturated rings. The Bertz CT molecular complexity index is 610. The van der Waals surface area contributed by atoms with E-state index in [1.165, 1.54) is 22.9 Å². The van der Waals surface area contributed by atoms with E-state index in [2.05, 4.69) is 28.2 Å². The van der Waals surface area contributed by atoms with Crippen molar-refractivity contribution in [2.45, 2.75) is 18.7 Å². The highest BCUT2D eigenvalue weighted by Crippen LogP contribution is 2.21. The molecule has 0 atom stereocenters. The third-order valence-electron chi connectivity index (χ3n) is 2.97. The van der Waals surface area contributed by atoms with Crippen LogP contribution in [-0.2, 0) is 4.79 Å². The van der Waals surface area contributed by atoms with E-state index in [0.29, 0.717) is 5.75 Å². The molecule has 0 spiro atoms. The molecule has 20 heavy (non-hydrogen) atoms. The summed E-state index contributed by atoms with van der Waals surface area (Å²) in [6.45, 7) is 4.10. The Labute approximate surface area is 132 Å². The number of aryl methyl sites for hydroxylation is 2. The number of rotatable bonds is 4. The second-order valence-corrected chi connectivity index (χ2v) is 6.55. The smallest absolute Gasteiger partial charge is 0.234 e. The number of carbonyl (C=O) groups is 1. The van der Waals surface area contributed by atoms with Gasteiger partial charge in [-0.1, -0.05) is 22.0 Å². The zero-order valence-electron chi connectivity index (χ0n) is 11.4. The van der Waals surface area contributed by atoms with E-state index in [1.54, 1.807) is 0 Å². The summed E-state index contributed by atoms with van der Waals surface area (Å²) < 4.78 is 1.04. The molecule has 0 unspecified atom stereocenters. The second kappa shape index (κ2) is 6.95. The molecular weight excluding hydrogens is 334 g/mol. The first-order valence-corrected chi connectivity index (χ1v) is 8.08. The lowest BCUT2D eigenvalue weighted by Crippen LogP contribution is -2.14. The first kappa shape index (κ1) is 15.1. The molecule has 1 amide bonds. The van der Waals surface area contributed by atoms with Crippen molar-refractivity contribution in [2.75, 3.05) is 11.1 Å². The van der Waals surface area contributed by atoms with Gasteiger partial charge in [0.2, 0.25) is 5.91 Å². The molecule has 1 N–H and O–H groups in total. The fourth-order valence-electron chi connectivity index (χ4n) is 1.70. The van der Waals surface area contributed by atoms with Crippen molar-refractivity contribution >= 4 is 39.3 Å². The minimum absolute atomic E-state index is 0.0150. The fourth-order valence-corrected chi connectivity index (χ4v) is 2.66. The second-order valence-electron chi connectivity index (χ2n) is 4.59. The monoisotopic (exact) mass is 349 g/mol. The average molecular weight is 350 g/mol. The molecular formula is C16H16BrNOS. The maximum atomic E-state index is 11.9. The van der Waals surface area contributed by atoms with Crippen molar-refractivity contribution in [3.8, 4) is 0 Å². The van der Waals surface area contributed by atoms with Crippen LogP contribution >= 0.6 is 27.7 Å². The Kier molecular flexibility index (Phi) is 5.26. The van der Waals surface area contributed by atoms with Crippen molar-refractivity contribution in [1.29, 1.82) is 0 Å². The van der Waals surface area contributed by atoms with E-state index in [4.69, 9.17) is 0 Å². The van der Waals surface area contributed by atoms with Crippen LogP contribution in [0.1, 0.15) is 11.1 Å². The maximum Gasteiger partial charge on any atom is 0.234 e. The van der Waals surface area contributed by atoms with Gasteiger partial charge in [-0.25, -0.2) is 0 Å². The predicted molar refractivity (Wildman–Crippen MR) is 89.4 cm³/mol. The average Bonchev–Trinajstić information content (AvgIpc) is 2.42. The van der Waals surface area contributed by atoms with E-state index in [-0.39, 0.29) is 5.91 Å². The van der Waals surface area contributed by atoms with E-state index in [0.717, 1.165) is 15.1 Å². The van der Waals surface area contributed by atoms with Crippen LogP contribution in [0.3, 0.4) is 0 Å². The number of hydrogen-bond donors (Lipinski definition) is 1. The normalized spacial score (nSPS) is 10.3. The van der Waals surface area contributed by atoms with Gasteiger partial charge in [-0.05, 0) is 61.4 Å². The Morgan fingerprint density at radius 1 is 1.10 bits per heavy atom. The number of carbonyl (C=O) groups excluding carboxylic acids is 1. The number of amides is 1. The van der Waals surface area contributed by atoms with Crippen LogP contribution in [0.4, 0.5) is 5.69 Å². The topological polar surface area (TPSA) is 29.1 Å². The Hall–Kier alpha value is -1.26. The molecule has 0 saturated heterocycles. The fraction of sp³-hybridized carbons (Fsp3) is 0.188. The van der Waals surface area contributed by atoms with Crippen molar-refractivity contribution < 1.29 is 4.79 Å². The van der Waals surface area contributed by atoms with Crippen molar-refractivity contribution in [3.63, 3.8) is 0 Å². The van der Waals surface area contributed by atoms with Gasteiger partial charge in [-0.15, -0.1) is 11.8 Å². The summed E-state index contributed by atoms with van der Waals surface area (Å²) in [6.07, 6.45) is 0. The molecule has 2 nitrogen and oxygen atoms in total. The van der Waals surface area contributed by atoms with Gasteiger partial charge in [0, 0.05) is 15.1 Å². The minimum Gasteiger partial charge on any atom is -0.325 e. The summed E-state index contributed by atoms with van der Waals surface area (Å²) in [6, 6.07) is 13.9. The van der Waals surface area contributed by atoms with Gasteiger partial charge in [0.05, 0.1) is 5.75 Å². The van der Waals surface area contributed by atoms with Crippen LogP contribution in [0.5, 0.6) is 0 Å². The van der Waals surface area contributed by atoms with Gasteiger partial charge in [0.1, 0.15) is 0 Å². The summed E-state index contributed by atoms with van der Waals surface area (Å²) in [4.78, 5) is 13.0. The lowest BCUT2D eigenvalue weighted by Gasteiger charge is -2.07. The molecule has 0 aliphatic rings. The number of thioether (sulfide) groups is 1. The molecule has 4 heteroatoms. The Morgan fingerprint density at radius 2 is 1.80 bits per heavy atom. The van der Waals surface area contributed by atoms with E-state index in [9.17, 15) is 4.79 Å². The van der Waals surface area contributed by atoms with E-state index >= 15 is 0 Å². The van der Waals surface area contributed by atoms with Crippen LogP contribution in [0, 0.1) is 13.8 Å². The van der Waals surface area contributed by atoms with Gasteiger partial charge in [0.15, 0.2) is 0 Å². The highest BCUT2D eigenvalue weighted by atomic mass is 79.9. The van der Waals surface area contributed by atoms with Crippen LogP contribution in [0.15, 0.2) is 51.8 Å².